The number of nitrogens with one attached hydrogen (secondary N) is 1. The standard InChI is InChI=1S/C7H7NO4P2/c9-13(10)7(14(11)12)8-6-4-2-1-3-5-6/h1-5,7-8H/q-4. The third-order valence-electron chi connectivity index (χ3n) is 1.47. The summed E-state index contributed by atoms with van der Waals surface area (Å²) in [4.78, 5) is 42.1. The van der Waals surface area contributed by atoms with Crippen molar-refractivity contribution in [2.75, 3.05) is 5.32 Å². The maximum atomic E-state index is 10.5. The molecule has 1 rings (SSSR count). The van der Waals surface area contributed by atoms with Gasteiger partial charge >= 0.3 is 0 Å². The van der Waals surface area contributed by atoms with Gasteiger partial charge in [-0.25, -0.2) is 0 Å². The van der Waals surface area contributed by atoms with Gasteiger partial charge in [0.2, 0.25) is 0 Å². The van der Waals surface area contributed by atoms with Gasteiger partial charge in [-0.3, -0.25) is 16.8 Å². The van der Waals surface area contributed by atoms with E-state index in [1.807, 2.05) is 0 Å². The van der Waals surface area contributed by atoms with E-state index in [4.69, 9.17) is 0 Å². The summed E-state index contributed by atoms with van der Waals surface area (Å²) in [5.41, 5.74) is -1.08. The van der Waals surface area contributed by atoms with Crippen molar-refractivity contribution in [2.24, 2.45) is 0 Å². The van der Waals surface area contributed by atoms with Crippen LogP contribution in [0, 0.1) is 0 Å². The second-order valence-corrected chi connectivity index (χ2v) is 5.04. The van der Waals surface area contributed by atoms with Crippen molar-refractivity contribution >= 4 is 22.4 Å². The van der Waals surface area contributed by atoms with Crippen LogP contribution in [0.25, 0.3) is 0 Å². The first-order valence-corrected chi connectivity index (χ1v) is 6.19. The Labute approximate surface area is 83.9 Å². The molecule has 0 unspecified atom stereocenters. The molecule has 0 saturated carbocycles. The van der Waals surface area contributed by atoms with Crippen LogP contribution in [0.15, 0.2) is 30.3 Å². The lowest BCUT2D eigenvalue weighted by molar-refractivity contribution is -0.306. The fourth-order valence-corrected chi connectivity index (χ4v) is 1.99. The van der Waals surface area contributed by atoms with Gasteiger partial charge < -0.3 is 24.9 Å². The molecule has 0 bridgehead atoms. The molecule has 0 aliphatic rings. The SMILES string of the molecule is [O-]P([O-])C(Nc1ccccc1)P([O-])[O-]. The molecule has 0 aromatic heterocycles. The van der Waals surface area contributed by atoms with Crippen molar-refractivity contribution in [2.45, 2.75) is 5.52 Å². The Morgan fingerprint density at radius 1 is 0.929 bits per heavy atom. The van der Waals surface area contributed by atoms with Crippen molar-refractivity contribution in [1.82, 2.24) is 0 Å². The molecule has 0 fully saturated rings. The fraction of sp³-hybridized carbons (Fsp3) is 0.143. The molecule has 0 aliphatic heterocycles. The molecule has 0 heterocycles. The largest absolute Gasteiger partial charge is 0.840 e. The van der Waals surface area contributed by atoms with E-state index in [9.17, 15) is 19.6 Å². The normalized spacial score (nSPS) is 11.4. The van der Waals surface area contributed by atoms with E-state index in [2.05, 4.69) is 5.32 Å². The van der Waals surface area contributed by atoms with Crippen LogP contribution in [0.3, 0.4) is 0 Å². The van der Waals surface area contributed by atoms with Crippen LogP contribution in [0.4, 0.5) is 5.69 Å². The van der Waals surface area contributed by atoms with Gasteiger partial charge in [-0.15, -0.1) is 0 Å². The smallest absolute Gasteiger partial charge is 0.0346 e. The highest BCUT2D eigenvalue weighted by Crippen LogP contribution is 2.38. The van der Waals surface area contributed by atoms with Crippen LogP contribution in [0.5, 0.6) is 0 Å². The topological polar surface area (TPSA) is 104 Å². The molecular formula is C7H7NO4P2-4. The van der Waals surface area contributed by atoms with Crippen LogP contribution in [0.1, 0.15) is 0 Å². The summed E-state index contributed by atoms with van der Waals surface area (Å²) in [5, 5.41) is 2.39. The number of rotatable bonds is 4. The van der Waals surface area contributed by atoms with Gasteiger partial charge in [0.05, 0.1) is 0 Å². The lowest BCUT2D eigenvalue weighted by atomic mass is 10.3. The summed E-state index contributed by atoms with van der Waals surface area (Å²) in [7, 11) is -6.07. The van der Waals surface area contributed by atoms with Gasteiger partial charge in [0.15, 0.2) is 0 Å². The van der Waals surface area contributed by atoms with E-state index in [0.717, 1.165) is 0 Å². The maximum Gasteiger partial charge on any atom is 0.0346 e. The quantitative estimate of drug-likeness (QED) is 0.631. The van der Waals surface area contributed by atoms with Crippen molar-refractivity contribution in [1.29, 1.82) is 0 Å². The molecule has 1 N–H and O–H groups in total. The highest BCUT2D eigenvalue weighted by atomic mass is 31.2. The van der Waals surface area contributed by atoms with Crippen LogP contribution in [-0.4, -0.2) is 5.52 Å². The number of anilines is 1. The zero-order valence-corrected chi connectivity index (χ0v) is 8.78. The molecule has 0 amide bonds. The van der Waals surface area contributed by atoms with Gasteiger partial charge in [-0.05, 0) is 12.1 Å². The number of benzene rings is 1. The van der Waals surface area contributed by atoms with Crippen molar-refractivity contribution in [3.05, 3.63) is 30.3 Å². The van der Waals surface area contributed by atoms with Gasteiger partial charge in [0.1, 0.15) is 0 Å². The summed E-state index contributed by atoms with van der Waals surface area (Å²) < 4.78 is 0. The molecule has 5 nitrogen and oxygen atoms in total. The Hall–Kier alpha value is -0.280. The third kappa shape index (κ3) is 3.46. The van der Waals surface area contributed by atoms with Crippen molar-refractivity contribution < 1.29 is 19.6 Å². The van der Waals surface area contributed by atoms with E-state index in [1.165, 1.54) is 0 Å². The summed E-state index contributed by atoms with van der Waals surface area (Å²) >= 11 is 0. The lowest BCUT2D eigenvalue weighted by Gasteiger charge is -2.52. The fourth-order valence-electron chi connectivity index (χ4n) is 0.866. The summed E-state index contributed by atoms with van der Waals surface area (Å²) in [6.45, 7) is 0. The number of hydrogen-bond acceptors (Lipinski definition) is 5. The second-order valence-electron chi connectivity index (χ2n) is 2.45. The van der Waals surface area contributed by atoms with Gasteiger partial charge in [0.25, 0.3) is 0 Å². The summed E-state index contributed by atoms with van der Waals surface area (Å²) in [6, 6.07) is 8.27. The molecule has 7 heteroatoms. The molecule has 0 radical (unpaired) electrons. The zero-order chi connectivity index (χ0) is 10.6. The Balaban J connectivity index is 2.65. The molecule has 1 aromatic rings. The van der Waals surface area contributed by atoms with E-state index in [0.29, 0.717) is 5.69 Å². The first-order valence-electron chi connectivity index (χ1n) is 3.70. The maximum absolute atomic E-state index is 10.5. The predicted octanol–water partition coefficient (Wildman–Crippen LogP) is -1.55. The molecule has 0 saturated heterocycles. The van der Waals surface area contributed by atoms with Crippen molar-refractivity contribution in [3.63, 3.8) is 0 Å². The second kappa shape index (κ2) is 5.56. The first-order chi connectivity index (χ1) is 6.61. The van der Waals surface area contributed by atoms with Crippen LogP contribution in [0.2, 0.25) is 0 Å². The van der Waals surface area contributed by atoms with Crippen LogP contribution in [-0.2, 0) is 0 Å². The summed E-state index contributed by atoms with van der Waals surface area (Å²) in [5.74, 6) is 0. The van der Waals surface area contributed by atoms with E-state index in [-0.39, 0.29) is 0 Å². The zero-order valence-electron chi connectivity index (χ0n) is 6.99. The number of hydrogen-bond donors (Lipinski definition) is 1. The average Bonchev–Trinajstić information content (AvgIpc) is 2.15. The molecule has 0 spiro atoms. The highest BCUT2D eigenvalue weighted by Gasteiger charge is 1.99. The minimum atomic E-state index is -3.03. The molecule has 14 heavy (non-hydrogen) atoms. The van der Waals surface area contributed by atoms with E-state index >= 15 is 0 Å². The highest BCUT2D eigenvalue weighted by molar-refractivity contribution is 7.61. The van der Waals surface area contributed by atoms with E-state index in [1.54, 1.807) is 30.3 Å². The lowest BCUT2D eigenvalue weighted by Crippen LogP contribution is -2.33. The Bertz CT molecular complexity index is 262. The first kappa shape index (κ1) is 11.8. The van der Waals surface area contributed by atoms with Gasteiger partial charge in [0, 0.05) is 11.2 Å². The van der Waals surface area contributed by atoms with E-state index < -0.39 is 22.3 Å². The minimum absolute atomic E-state index is 0.455. The van der Waals surface area contributed by atoms with Gasteiger partial charge in [-0.1, -0.05) is 18.2 Å². The van der Waals surface area contributed by atoms with Crippen molar-refractivity contribution in [3.8, 4) is 0 Å². The number of para-hydroxylation sites is 1. The molecule has 0 aliphatic carbocycles. The predicted molar refractivity (Wildman–Crippen MR) is 47.7 cm³/mol. The summed E-state index contributed by atoms with van der Waals surface area (Å²) in [6.07, 6.45) is 0. The molecular weight excluding hydrogens is 224 g/mol. The Morgan fingerprint density at radius 3 is 1.86 bits per heavy atom. The van der Waals surface area contributed by atoms with Gasteiger partial charge in [-0.2, -0.15) is 0 Å². The Kier molecular flexibility index (Phi) is 4.69. The van der Waals surface area contributed by atoms with Crippen LogP contribution >= 0.6 is 16.8 Å². The molecule has 1 aromatic carbocycles. The molecule has 0 atom stereocenters. The third-order valence-corrected chi connectivity index (χ3v) is 3.66. The van der Waals surface area contributed by atoms with Crippen LogP contribution < -0.4 is 24.9 Å². The average molecular weight is 231 g/mol. The minimum Gasteiger partial charge on any atom is -0.840 e. The Morgan fingerprint density at radius 2 is 1.43 bits per heavy atom. The monoisotopic (exact) mass is 231 g/mol. The molecule has 78 valence electrons.